The molecule has 0 aliphatic rings. The van der Waals surface area contributed by atoms with Crippen LogP contribution < -0.4 is 0 Å². The topological polar surface area (TPSA) is 68.1 Å². The summed E-state index contributed by atoms with van der Waals surface area (Å²) in [6, 6.07) is 17.0. The summed E-state index contributed by atoms with van der Waals surface area (Å²) in [6.07, 6.45) is 1.81. The molecule has 0 saturated heterocycles. The third-order valence-electron chi connectivity index (χ3n) is 2.92. The Kier molecular flexibility index (Phi) is 6.57. The minimum atomic E-state index is -3.86. The summed E-state index contributed by atoms with van der Waals surface area (Å²) >= 11 is 1.29. The summed E-state index contributed by atoms with van der Waals surface area (Å²) in [5.41, 5.74) is 0.600. The third-order valence-corrected chi connectivity index (χ3v) is 4.76. The lowest BCUT2D eigenvalue weighted by Crippen LogP contribution is -2.09. The average molecular weight is 362 g/mol. The van der Waals surface area contributed by atoms with Crippen molar-refractivity contribution in [2.24, 2.45) is 9.39 Å². The predicted molar refractivity (Wildman–Crippen MR) is 99.2 cm³/mol. The summed E-state index contributed by atoms with van der Waals surface area (Å²) in [6.45, 7) is 2.28. The summed E-state index contributed by atoms with van der Waals surface area (Å²) in [5.74, 6) is 0.0947. The smallest absolute Gasteiger partial charge is 0.284 e. The number of hydrogen-bond acceptors (Lipinski definition) is 4. The van der Waals surface area contributed by atoms with Gasteiger partial charge in [-0.1, -0.05) is 60.3 Å². The van der Waals surface area contributed by atoms with Crippen molar-refractivity contribution >= 4 is 32.9 Å². The molecule has 7 heteroatoms. The normalized spacial score (nSPS) is 12.9. The number of nitrogens with zero attached hydrogens (tertiary/aromatic N) is 2. The lowest BCUT2D eigenvalue weighted by atomic mass is 10.2. The maximum Gasteiger partial charge on any atom is 0.284 e. The van der Waals surface area contributed by atoms with Crippen LogP contribution in [0.1, 0.15) is 12.5 Å². The monoisotopic (exact) mass is 362 g/mol. The van der Waals surface area contributed by atoms with Gasteiger partial charge in [-0.05, 0) is 25.3 Å². The van der Waals surface area contributed by atoms with Gasteiger partial charge in [0.2, 0.25) is 0 Å². The summed E-state index contributed by atoms with van der Waals surface area (Å²) in [5, 5.41) is 0.364. The van der Waals surface area contributed by atoms with E-state index in [-0.39, 0.29) is 10.7 Å². The van der Waals surface area contributed by atoms with E-state index in [0.717, 1.165) is 0 Å². The zero-order chi connectivity index (χ0) is 17.4. The molecule has 0 heterocycles. The Bertz CT molecular complexity index is 817. The first-order valence-corrected chi connectivity index (χ1v) is 9.94. The molecule has 0 radical (unpaired) electrons. The largest absolute Gasteiger partial charge is 0.473 e. The molecular formula is C17H18N2O3S2. The number of aliphatic imine (C=N–C) groups is 1. The Morgan fingerprint density at radius 2 is 1.62 bits per heavy atom. The van der Waals surface area contributed by atoms with Gasteiger partial charge in [0, 0.05) is 5.56 Å². The number of amidine groups is 1. The van der Waals surface area contributed by atoms with E-state index < -0.39 is 10.0 Å². The van der Waals surface area contributed by atoms with Gasteiger partial charge in [-0.15, -0.1) is 4.40 Å². The first-order valence-electron chi connectivity index (χ1n) is 7.27. The summed E-state index contributed by atoms with van der Waals surface area (Å²) < 4.78 is 34.4. The van der Waals surface area contributed by atoms with Crippen molar-refractivity contribution in [2.45, 2.75) is 11.8 Å². The van der Waals surface area contributed by atoms with E-state index in [1.165, 1.54) is 23.9 Å². The van der Waals surface area contributed by atoms with Crippen LogP contribution in [0.15, 0.2) is 74.9 Å². The van der Waals surface area contributed by atoms with Crippen molar-refractivity contribution < 1.29 is 13.2 Å². The van der Waals surface area contributed by atoms with E-state index in [1.54, 1.807) is 42.5 Å². The molecule has 2 aromatic carbocycles. The molecule has 0 saturated carbocycles. The highest BCUT2D eigenvalue weighted by Crippen LogP contribution is 2.15. The standard InChI is InChI=1S/C17H18N2O3S2/c1-3-22-17(23-2)18-16(14-10-6-4-7-11-14)19-24(20,21)15-12-8-5-9-13-15/h4-13H,3H2,1-2H3/b18-17?,19-16+. The number of hydrogen-bond donors (Lipinski definition) is 0. The molecule has 0 spiro atoms. The van der Waals surface area contributed by atoms with Crippen molar-refractivity contribution in [3.8, 4) is 0 Å². The first-order chi connectivity index (χ1) is 11.6. The first kappa shape index (κ1) is 18.2. The van der Waals surface area contributed by atoms with Gasteiger partial charge in [0.25, 0.3) is 15.3 Å². The number of ether oxygens (including phenoxy) is 1. The zero-order valence-corrected chi connectivity index (χ0v) is 15.0. The highest BCUT2D eigenvalue weighted by molar-refractivity contribution is 8.13. The molecule has 0 aromatic heterocycles. The van der Waals surface area contributed by atoms with Crippen LogP contribution in [-0.2, 0) is 14.8 Å². The maximum absolute atomic E-state index is 12.5. The van der Waals surface area contributed by atoms with Gasteiger partial charge >= 0.3 is 0 Å². The van der Waals surface area contributed by atoms with Gasteiger partial charge in [-0.3, -0.25) is 0 Å². The molecular weight excluding hydrogens is 344 g/mol. The van der Waals surface area contributed by atoms with E-state index in [9.17, 15) is 8.42 Å². The molecule has 126 valence electrons. The quantitative estimate of drug-likeness (QED) is 0.616. The van der Waals surface area contributed by atoms with Gasteiger partial charge in [0.15, 0.2) is 5.84 Å². The molecule has 0 aliphatic carbocycles. The van der Waals surface area contributed by atoms with Crippen molar-refractivity contribution in [1.82, 2.24) is 0 Å². The highest BCUT2D eigenvalue weighted by Gasteiger charge is 2.15. The second kappa shape index (κ2) is 8.65. The lowest BCUT2D eigenvalue weighted by molar-refractivity contribution is 0.338. The van der Waals surface area contributed by atoms with Gasteiger partial charge in [0.1, 0.15) is 0 Å². The van der Waals surface area contributed by atoms with Crippen LogP contribution in [0, 0.1) is 0 Å². The molecule has 5 nitrogen and oxygen atoms in total. The summed E-state index contributed by atoms with van der Waals surface area (Å²) in [7, 11) is -3.86. The van der Waals surface area contributed by atoms with E-state index in [1.807, 2.05) is 19.2 Å². The molecule has 0 aliphatic heterocycles. The van der Waals surface area contributed by atoms with Crippen molar-refractivity contribution in [3.63, 3.8) is 0 Å². The van der Waals surface area contributed by atoms with E-state index in [4.69, 9.17) is 4.74 Å². The van der Waals surface area contributed by atoms with Crippen LogP contribution in [0.2, 0.25) is 0 Å². The predicted octanol–water partition coefficient (Wildman–Crippen LogP) is 3.58. The average Bonchev–Trinajstić information content (AvgIpc) is 2.62. The van der Waals surface area contributed by atoms with E-state index in [0.29, 0.717) is 17.4 Å². The number of thioether (sulfide) groups is 1. The zero-order valence-electron chi connectivity index (χ0n) is 13.4. The Labute approximate surface area is 146 Å². The Balaban J connectivity index is 2.54. The van der Waals surface area contributed by atoms with Crippen LogP contribution in [0.5, 0.6) is 0 Å². The minimum absolute atomic E-state index is 0.0947. The Morgan fingerprint density at radius 3 is 2.17 bits per heavy atom. The second-order valence-electron chi connectivity index (χ2n) is 4.58. The second-order valence-corrected chi connectivity index (χ2v) is 6.95. The Morgan fingerprint density at radius 1 is 1.04 bits per heavy atom. The van der Waals surface area contributed by atoms with Gasteiger partial charge in [0.05, 0.1) is 11.5 Å². The van der Waals surface area contributed by atoms with Crippen LogP contribution in [0.25, 0.3) is 0 Å². The van der Waals surface area contributed by atoms with Gasteiger partial charge in [-0.25, -0.2) is 0 Å². The van der Waals surface area contributed by atoms with E-state index >= 15 is 0 Å². The fourth-order valence-electron chi connectivity index (χ4n) is 1.83. The number of benzene rings is 2. The van der Waals surface area contributed by atoms with Crippen LogP contribution in [0.3, 0.4) is 0 Å². The van der Waals surface area contributed by atoms with Crippen molar-refractivity contribution in [2.75, 3.05) is 12.9 Å². The fraction of sp³-hybridized carbons (Fsp3) is 0.176. The Hall–Kier alpha value is -2.12. The van der Waals surface area contributed by atoms with Crippen molar-refractivity contribution in [1.29, 1.82) is 0 Å². The third kappa shape index (κ3) is 4.94. The molecule has 2 aromatic rings. The highest BCUT2D eigenvalue weighted by atomic mass is 32.2. The summed E-state index contributed by atoms with van der Waals surface area (Å²) in [4.78, 5) is 4.41. The van der Waals surface area contributed by atoms with Crippen LogP contribution in [0.4, 0.5) is 0 Å². The molecule has 2 rings (SSSR count). The van der Waals surface area contributed by atoms with Gasteiger partial charge in [-0.2, -0.15) is 13.4 Å². The molecule has 0 amide bonds. The van der Waals surface area contributed by atoms with Crippen molar-refractivity contribution in [3.05, 3.63) is 66.2 Å². The lowest BCUT2D eigenvalue weighted by Gasteiger charge is -2.07. The molecule has 0 bridgehead atoms. The fourth-order valence-corrected chi connectivity index (χ4v) is 3.22. The molecule has 0 fully saturated rings. The minimum Gasteiger partial charge on any atom is -0.473 e. The number of rotatable bonds is 4. The molecule has 0 atom stereocenters. The molecule has 0 N–H and O–H groups in total. The molecule has 0 unspecified atom stereocenters. The van der Waals surface area contributed by atoms with Crippen LogP contribution >= 0.6 is 11.8 Å². The molecule has 24 heavy (non-hydrogen) atoms. The maximum atomic E-state index is 12.5. The number of sulfonamides is 1. The SMILES string of the molecule is CCOC(=N/C(=N/S(=O)(=O)c1ccccc1)c1ccccc1)SC. The van der Waals surface area contributed by atoms with E-state index in [2.05, 4.69) is 9.39 Å². The van der Waals surface area contributed by atoms with Gasteiger partial charge < -0.3 is 4.74 Å². The van der Waals surface area contributed by atoms with Crippen LogP contribution in [-0.4, -0.2) is 32.3 Å².